The molecule has 76 heavy (non-hydrogen) atoms. The van der Waals surface area contributed by atoms with Crippen molar-refractivity contribution in [2.24, 2.45) is 0 Å². The minimum absolute atomic E-state index is 0.000951. The molecule has 0 saturated carbocycles. The fourth-order valence-electron chi connectivity index (χ4n) is 12.1. The van der Waals surface area contributed by atoms with E-state index < -0.39 is 0 Å². The summed E-state index contributed by atoms with van der Waals surface area (Å²) in [6.07, 6.45) is 0. The van der Waals surface area contributed by atoms with Crippen molar-refractivity contribution >= 4 is 121 Å². The largest absolute Gasteiger partial charge is 0.457 e. The second-order valence-electron chi connectivity index (χ2n) is 22.5. The molecular weight excluding hydrogens is 961 g/mol. The van der Waals surface area contributed by atoms with E-state index in [0.717, 1.165) is 51.3 Å². The van der Waals surface area contributed by atoms with Crippen molar-refractivity contribution in [3.05, 3.63) is 236 Å². The number of ether oxygens (including phenoxy) is 1. The summed E-state index contributed by atoms with van der Waals surface area (Å²) in [7, 11) is 0. The van der Waals surface area contributed by atoms with E-state index in [1.807, 2.05) is 23.5 Å². The van der Waals surface area contributed by atoms with Crippen molar-refractivity contribution in [2.75, 3.05) is 14.7 Å². The number of hydrogen-bond acceptors (Lipinski definition) is 6. The van der Waals surface area contributed by atoms with Crippen LogP contribution in [0.5, 0.6) is 11.5 Å². The summed E-state index contributed by atoms with van der Waals surface area (Å²) in [4.78, 5) is 12.6. The van der Waals surface area contributed by atoms with Crippen LogP contribution < -0.4 is 52.2 Å². The number of benzene rings is 10. The molecule has 14 rings (SSSR count). The molecule has 0 radical (unpaired) electrons. The fraction of sp³-hybridized carbons (Fsp3) is 0.118. The van der Waals surface area contributed by atoms with Crippen LogP contribution in [0.2, 0.25) is 0 Å². The van der Waals surface area contributed by atoms with Crippen LogP contribution in [0.15, 0.2) is 244 Å². The van der Waals surface area contributed by atoms with E-state index in [1.165, 1.54) is 74.9 Å². The zero-order valence-electron chi connectivity index (χ0n) is 43.6. The van der Waals surface area contributed by atoms with Crippen molar-refractivity contribution < 1.29 is 4.74 Å². The smallest absolute Gasteiger partial charge is 0.252 e. The highest BCUT2D eigenvalue weighted by Gasteiger charge is 2.47. The van der Waals surface area contributed by atoms with Crippen molar-refractivity contribution in [1.29, 1.82) is 0 Å². The highest BCUT2D eigenvalue weighted by molar-refractivity contribution is 8.00. The molecule has 4 aliphatic rings. The minimum atomic E-state index is -0.0933. The van der Waals surface area contributed by atoms with E-state index >= 15 is 0 Å². The van der Waals surface area contributed by atoms with Crippen LogP contribution >= 0.6 is 23.5 Å². The Morgan fingerprint density at radius 3 is 1.39 bits per heavy atom. The third-order valence-corrected chi connectivity index (χ3v) is 17.8. The van der Waals surface area contributed by atoms with Crippen molar-refractivity contribution in [2.45, 2.75) is 72.0 Å². The standard InChI is InChI=1S/C68H55B2N3OS2/c1-67(2,3)44-30-34-49(35-31-44)74-50-38-60-65-61(39-50)72(47-22-12-8-13-23-47)58-43-59-56(42-55(58)69(65)53-26-16-18-28-57(53)71(60)46-20-10-7-11-21-46)70-54-27-17-19-29-63(54)76-64-41-52(75-51-36-32-45(33-37-51)68(4,5)6)40-62(66(64)70)73(59)48-24-14-9-15-25-48/h7-43H,1-6H3. The van der Waals surface area contributed by atoms with E-state index in [4.69, 9.17) is 4.74 Å². The molecule has 0 spiro atoms. The predicted molar refractivity (Wildman–Crippen MR) is 325 cm³/mol. The molecule has 0 fully saturated rings. The van der Waals surface area contributed by atoms with Crippen LogP contribution in [-0.2, 0) is 10.8 Å². The Labute approximate surface area is 456 Å². The van der Waals surface area contributed by atoms with Crippen LogP contribution in [0.4, 0.5) is 51.2 Å². The van der Waals surface area contributed by atoms with Crippen molar-refractivity contribution in [1.82, 2.24) is 0 Å². The Kier molecular flexibility index (Phi) is 11.0. The van der Waals surface area contributed by atoms with Crippen molar-refractivity contribution in [3.8, 4) is 11.5 Å². The summed E-state index contributed by atoms with van der Waals surface area (Å²) in [5, 5.41) is 0. The molecule has 4 aliphatic heterocycles. The van der Waals surface area contributed by atoms with Gasteiger partial charge in [0.15, 0.2) is 0 Å². The van der Waals surface area contributed by atoms with Gasteiger partial charge in [-0.2, -0.15) is 0 Å². The van der Waals surface area contributed by atoms with Crippen LogP contribution in [-0.4, -0.2) is 13.4 Å². The van der Waals surface area contributed by atoms with E-state index in [-0.39, 0.29) is 24.3 Å². The number of rotatable bonds is 7. The molecule has 0 amide bonds. The van der Waals surface area contributed by atoms with Crippen LogP contribution in [0.1, 0.15) is 52.7 Å². The molecule has 10 aromatic carbocycles. The lowest BCUT2D eigenvalue weighted by Crippen LogP contribution is -2.64. The third-order valence-electron chi connectivity index (χ3n) is 15.7. The zero-order chi connectivity index (χ0) is 51.5. The number of para-hydroxylation sites is 4. The monoisotopic (exact) mass is 1020 g/mol. The normalized spacial score (nSPS) is 13.8. The van der Waals surface area contributed by atoms with Gasteiger partial charge >= 0.3 is 0 Å². The van der Waals surface area contributed by atoms with Gasteiger partial charge in [-0.25, -0.2) is 0 Å². The molecule has 4 heterocycles. The van der Waals surface area contributed by atoms with E-state index in [2.05, 4.69) is 281 Å². The first-order valence-corrected chi connectivity index (χ1v) is 28.1. The Morgan fingerprint density at radius 2 is 0.829 bits per heavy atom. The van der Waals surface area contributed by atoms with Gasteiger partial charge in [-0.3, -0.25) is 0 Å². The Hall–Kier alpha value is -7.77. The van der Waals surface area contributed by atoms with Gasteiger partial charge in [0, 0.05) is 82.9 Å². The SMILES string of the molecule is CC(C)(C)c1ccc(Oc2cc3c4c(c2)N(c2ccccc2)c2cc5c(cc2B4c2ccccc2N3c2ccccc2)B2c3ccccc3Sc3cc(Sc4ccc(C(C)(C)C)cc4)cc(c32)N5c2ccccc2)cc1. The first-order chi connectivity index (χ1) is 36.9. The average Bonchev–Trinajstić information content (AvgIpc) is 3.53. The molecule has 0 aliphatic carbocycles. The predicted octanol–water partition coefficient (Wildman–Crippen LogP) is 15.1. The maximum absolute atomic E-state index is 7.05. The lowest BCUT2D eigenvalue weighted by molar-refractivity contribution is 0.482. The molecular formula is C68H55B2N3OS2. The lowest BCUT2D eigenvalue weighted by atomic mass is 9.30. The summed E-state index contributed by atoms with van der Waals surface area (Å²) in [5.41, 5.74) is 20.8. The quantitative estimate of drug-likeness (QED) is 0.147. The first-order valence-electron chi connectivity index (χ1n) is 26.5. The molecule has 0 saturated heterocycles. The summed E-state index contributed by atoms with van der Waals surface area (Å²) < 4.78 is 7.05. The Morgan fingerprint density at radius 1 is 0.355 bits per heavy atom. The van der Waals surface area contributed by atoms with E-state index in [9.17, 15) is 0 Å². The molecule has 0 aromatic heterocycles. The molecule has 8 heteroatoms. The molecule has 0 bridgehead atoms. The van der Waals surface area contributed by atoms with E-state index in [0.29, 0.717) is 0 Å². The van der Waals surface area contributed by atoms with E-state index in [1.54, 1.807) is 0 Å². The van der Waals surface area contributed by atoms with Gasteiger partial charge < -0.3 is 19.4 Å². The van der Waals surface area contributed by atoms with Gasteiger partial charge in [-0.05, 0) is 140 Å². The highest BCUT2D eigenvalue weighted by atomic mass is 32.2. The Balaban J connectivity index is 1.03. The molecule has 10 aromatic rings. The highest BCUT2D eigenvalue weighted by Crippen LogP contribution is 2.50. The molecule has 0 atom stereocenters. The number of fused-ring (bicyclic) bond motifs is 8. The third kappa shape index (κ3) is 7.79. The van der Waals surface area contributed by atoms with Crippen molar-refractivity contribution in [3.63, 3.8) is 0 Å². The van der Waals surface area contributed by atoms with Gasteiger partial charge in [-0.15, -0.1) is 0 Å². The second kappa shape index (κ2) is 17.9. The molecule has 0 unspecified atom stereocenters. The fourth-order valence-corrected chi connectivity index (χ4v) is 14.3. The average molecular weight is 1020 g/mol. The zero-order valence-corrected chi connectivity index (χ0v) is 45.2. The number of hydrogen-bond donors (Lipinski definition) is 0. The van der Waals surface area contributed by atoms with Crippen LogP contribution in [0, 0.1) is 0 Å². The molecule has 366 valence electrons. The number of anilines is 9. The topological polar surface area (TPSA) is 19.0 Å². The van der Waals surface area contributed by atoms with Gasteiger partial charge in [0.05, 0.1) is 0 Å². The summed E-state index contributed by atoms with van der Waals surface area (Å²) in [6.45, 7) is 13.5. The minimum Gasteiger partial charge on any atom is -0.457 e. The van der Waals surface area contributed by atoms with Gasteiger partial charge in [0.25, 0.3) is 6.71 Å². The Bertz CT molecular complexity index is 3890. The first kappa shape index (κ1) is 46.7. The lowest BCUT2D eigenvalue weighted by Gasteiger charge is -2.46. The maximum atomic E-state index is 7.05. The second-order valence-corrected chi connectivity index (χ2v) is 24.8. The maximum Gasteiger partial charge on any atom is 0.252 e. The van der Waals surface area contributed by atoms with Gasteiger partial charge in [0.2, 0.25) is 6.71 Å². The van der Waals surface area contributed by atoms with Gasteiger partial charge in [0.1, 0.15) is 11.5 Å². The summed E-state index contributed by atoms with van der Waals surface area (Å²) in [6, 6.07) is 83.4. The summed E-state index contributed by atoms with van der Waals surface area (Å²) >= 11 is 3.76. The van der Waals surface area contributed by atoms with Crippen LogP contribution in [0.25, 0.3) is 0 Å². The van der Waals surface area contributed by atoms with Gasteiger partial charge in [-0.1, -0.05) is 192 Å². The molecule has 0 N–H and O–H groups in total. The molecule has 4 nitrogen and oxygen atoms in total. The van der Waals surface area contributed by atoms with Crippen LogP contribution in [0.3, 0.4) is 0 Å². The summed E-state index contributed by atoms with van der Waals surface area (Å²) in [5.74, 6) is 1.58. The number of nitrogens with zero attached hydrogens (tertiary/aromatic N) is 3.